The summed E-state index contributed by atoms with van der Waals surface area (Å²) in [6.07, 6.45) is 0.397. The summed E-state index contributed by atoms with van der Waals surface area (Å²) in [4.78, 5) is 17.6. The van der Waals surface area contributed by atoms with Crippen molar-refractivity contribution in [2.24, 2.45) is 0 Å². The third-order valence-corrected chi connectivity index (χ3v) is 6.53. The zero-order valence-electron chi connectivity index (χ0n) is 16.9. The minimum atomic E-state index is 0.0859. The van der Waals surface area contributed by atoms with E-state index in [4.69, 9.17) is 0 Å². The second-order valence-electron chi connectivity index (χ2n) is 8.23. The highest BCUT2D eigenvalue weighted by Gasteiger charge is 2.52. The smallest absolute Gasteiger partial charge is 0.231 e. The average molecular weight is 399 g/mol. The summed E-state index contributed by atoms with van der Waals surface area (Å²) in [5, 5.41) is 10.1. The number of aliphatic hydroxyl groups is 1. The van der Waals surface area contributed by atoms with E-state index >= 15 is 0 Å². The van der Waals surface area contributed by atoms with Crippen molar-refractivity contribution in [2.75, 3.05) is 18.1 Å². The molecule has 4 heteroatoms. The van der Waals surface area contributed by atoms with Gasteiger partial charge in [0, 0.05) is 36.8 Å². The van der Waals surface area contributed by atoms with Gasteiger partial charge in [-0.2, -0.15) is 0 Å². The fraction of sp³-hybridized carbons (Fsp3) is 0.269. The Kier molecular flexibility index (Phi) is 5.11. The normalized spacial score (nSPS) is 22.7. The summed E-state index contributed by atoms with van der Waals surface area (Å²) in [5.74, 6) is 0.384. The van der Waals surface area contributed by atoms with Crippen molar-refractivity contribution in [3.63, 3.8) is 0 Å². The third kappa shape index (κ3) is 3.32. The molecule has 0 radical (unpaired) electrons. The molecule has 5 rings (SSSR count). The molecule has 2 aliphatic rings. The van der Waals surface area contributed by atoms with E-state index in [1.807, 2.05) is 71.6 Å². The molecule has 0 aromatic heterocycles. The fourth-order valence-corrected chi connectivity index (χ4v) is 5.10. The van der Waals surface area contributed by atoms with Crippen LogP contribution in [0.5, 0.6) is 0 Å². The Morgan fingerprint density at radius 3 is 2.20 bits per heavy atom. The highest BCUT2D eigenvalue weighted by Crippen LogP contribution is 2.48. The van der Waals surface area contributed by atoms with Crippen molar-refractivity contribution in [2.45, 2.75) is 31.0 Å². The summed E-state index contributed by atoms with van der Waals surface area (Å²) in [5.41, 5.74) is 4.44. The van der Waals surface area contributed by atoms with Crippen molar-refractivity contribution < 1.29 is 9.90 Å². The molecule has 2 aliphatic heterocycles. The predicted octanol–water partition coefficient (Wildman–Crippen LogP) is 3.60. The molecule has 30 heavy (non-hydrogen) atoms. The Bertz CT molecular complexity index is 1020. The Morgan fingerprint density at radius 1 is 0.867 bits per heavy atom. The number of para-hydroxylation sites is 1. The Labute approximate surface area is 177 Å². The van der Waals surface area contributed by atoms with Gasteiger partial charge in [-0.1, -0.05) is 78.9 Å². The van der Waals surface area contributed by atoms with E-state index in [0.29, 0.717) is 13.0 Å². The number of anilines is 1. The molecule has 4 nitrogen and oxygen atoms in total. The maximum atomic E-state index is 13.3. The van der Waals surface area contributed by atoms with Gasteiger partial charge in [-0.15, -0.1) is 0 Å². The second-order valence-corrected chi connectivity index (χ2v) is 8.23. The van der Waals surface area contributed by atoms with Crippen LogP contribution in [0.3, 0.4) is 0 Å². The van der Waals surface area contributed by atoms with E-state index in [2.05, 4.69) is 23.1 Å². The minimum absolute atomic E-state index is 0.0859. The lowest BCUT2D eigenvalue weighted by Crippen LogP contribution is -2.68. The molecule has 1 N–H and O–H groups in total. The first-order valence-corrected chi connectivity index (χ1v) is 10.6. The third-order valence-electron chi connectivity index (χ3n) is 6.53. The number of likely N-dealkylation sites (tertiary alicyclic amines) is 1. The van der Waals surface area contributed by atoms with Crippen LogP contribution in [-0.4, -0.2) is 41.1 Å². The quantitative estimate of drug-likeness (QED) is 0.714. The SMILES string of the molecule is O=C(Cc1ccccc1)N1C[C@@H]2[C@H](c3ccccc31)[C@@H](CO)N2Cc1ccccc1. The van der Waals surface area contributed by atoms with E-state index in [-0.39, 0.29) is 30.5 Å². The van der Waals surface area contributed by atoms with Gasteiger partial charge in [-0.3, -0.25) is 9.69 Å². The number of benzene rings is 3. The zero-order chi connectivity index (χ0) is 20.5. The van der Waals surface area contributed by atoms with Gasteiger partial charge < -0.3 is 10.0 Å². The van der Waals surface area contributed by atoms with Gasteiger partial charge in [0.25, 0.3) is 0 Å². The first-order chi connectivity index (χ1) is 14.8. The topological polar surface area (TPSA) is 43.8 Å². The molecule has 0 spiro atoms. The highest BCUT2D eigenvalue weighted by atomic mass is 16.3. The van der Waals surface area contributed by atoms with E-state index in [1.54, 1.807) is 0 Å². The Balaban J connectivity index is 1.44. The standard InChI is InChI=1S/C26H26N2O2/c29-18-24-26-21-13-7-8-14-22(21)28(25(30)15-19-9-3-1-4-10-19)17-23(26)27(24)16-20-11-5-2-6-12-20/h1-14,23-24,26,29H,15-18H2/t23-,24-,26+/m1/s1. The number of amides is 1. The molecule has 0 unspecified atom stereocenters. The molecular weight excluding hydrogens is 372 g/mol. The number of fused-ring (bicyclic) bond motifs is 3. The second kappa shape index (κ2) is 8.05. The number of hydrogen-bond donors (Lipinski definition) is 1. The molecule has 3 aromatic carbocycles. The van der Waals surface area contributed by atoms with Crippen LogP contribution in [0.2, 0.25) is 0 Å². The lowest BCUT2D eigenvalue weighted by Gasteiger charge is -2.59. The van der Waals surface area contributed by atoms with Gasteiger partial charge >= 0.3 is 0 Å². The molecule has 0 aliphatic carbocycles. The highest BCUT2D eigenvalue weighted by molar-refractivity contribution is 5.96. The molecule has 1 saturated heterocycles. The van der Waals surface area contributed by atoms with Crippen molar-refractivity contribution in [3.05, 3.63) is 102 Å². The molecule has 152 valence electrons. The van der Waals surface area contributed by atoms with Gasteiger partial charge in [-0.05, 0) is 22.8 Å². The zero-order valence-corrected chi connectivity index (χ0v) is 16.9. The monoisotopic (exact) mass is 398 g/mol. The summed E-state index contributed by atoms with van der Waals surface area (Å²) in [6.45, 7) is 1.58. The van der Waals surface area contributed by atoms with E-state index in [1.165, 1.54) is 11.1 Å². The van der Waals surface area contributed by atoms with E-state index in [0.717, 1.165) is 17.8 Å². The summed E-state index contributed by atoms with van der Waals surface area (Å²) in [7, 11) is 0. The van der Waals surface area contributed by atoms with Gasteiger partial charge in [0.2, 0.25) is 5.91 Å². The maximum Gasteiger partial charge on any atom is 0.231 e. The first-order valence-electron chi connectivity index (χ1n) is 10.6. The van der Waals surface area contributed by atoms with Gasteiger partial charge in [0.1, 0.15) is 0 Å². The number of hydrogen-bond acceptors (Lipinski definition) is 3. The summed E-state index contributed by atoms with van der Waals surface area (Å²) < 4.78 is 0. The van der Waals surface area contributed by atoms with Crippen LogP contribution in [0.25, 0.3) is 0 Å². The van der Waals surface area contributed by atoms with Crippen LogP contribution in [-0.2, 0) is 17.8 Å². The van der Waals surface area contributed by atoms with Gasteiger partial charge in [0.05, 0.1) is 13.0 Å². The lowest BCUT2D eigenvalue weighted by atomic mass is 9.71. The number of rotatable bonds is 5. The van der Waals surface area contributed by atoms with Crippen LogP contribution in [0.15, 0.2) is 84.9 Å². The first kappa shape index (κ1) is 19.0. The number of nitrogens with zero attached hydrogens (tertiary/aromatic N) is 2. The fourth-order valence-electron chi connectivity index (χ4n) is 5.10. The summed E-state index contributed by atoms with van der Waals surface area (Å²) >= 11 is 0. The molecule has 3 aromatic rings. The van der Waals surface area contributed by atoms with Crippen molar-refractivity contribution in [3.8, 4) is 0 Å². The largest absolute Gasteiger partial charge is 0.395 e. The molecule has 1 fully saturated rings. The predicted molar refractivity (Wildman–Crippen MR) is 118 cm³/mol. The van der Waals surface area contributed by atoms with Crippen LogP contribution in [0.4, 0.5) is 5.69 Å². The lowest BCUT2D eigenvalue weighted by molar-refractivity contribution is -0.119. The number of carbonyl (C=O) groups excluding carboxylic acids is 1. The molecule has 0 bridgehead atoms. The summed E-state index contributed by atoms with van der Waals surface area (Å²) in [6, 6.07) is 28.8. The number of aliphatic hydroxyl groups excluding tert-OH is 1. The van der Waals surface area contributed by atoms with Gasteiger partial charge in [0.15, 0.2) is 0 Å². The molecule has 3 atom stereocenters. The Hall–Kier alpha value is -2.95. The van der Waals surface area contributed by atoms with Crippen LogP contribution in [0.1, 0.15) is 22.6 Å². The van der Waals surface area contributed by atoms with E-state index < -0.39 is 0 Å². The van der Waals surface area contributed by atoms with E-state index in [9.17, 15) is 9.90 Å². The number of carbonyl (C=O) groups is 1. The minimum Gasteiger partial charge on any atom is -0.395 e. The maximum absolute atomic E-state index is 13.3. The Morgan fingerprint density at radius 2 is 1.50 bits per heavy atom. The molecular formula is C26H26N2O2. The molecule has 1 amide bonds. The van der Waals surface area contributed by atoms with Crippen LogP contribution >= 0.6 is 0 Å². The van der Waals surface area contributed by atoms with Crippen LogP contribution < -0.4 is 4.90 Å². The van der Waals surface area contributed by atoms with Crippen molar-refractivity contribution in [1.29, 1.82) is 0 Å². The average Bonchev–Trinajstić information content (AvgIpc) is 2.79. The van der Waals surface area contributed by atoms with Crippen LogP contribution in [0, 0.1) is 0 Å². The molecule has 2 heterocycles. The molecule has 0 saturated carbocycles. The van der Waals surface area contributed by atoms with Crippen molar-refractivity contribution in [1.82, 2.24) is 4.90 Å². The van der Waals surface area contributed by atoms with Crippen molar-refractivity contribution >= 4 is 11.6 Å². The van der Waals surface area contributed by atoms with Gasteiger partial charge in [-0.25, -0.2) is 0 Å².